The first kappa shape index (κ1) is 10.8. The van der Waals surface area contributed by atoms with Crippen LogP contribution < -0.4 is 0 Å². The summed E-state index contributed by atoms with van der Waals surface area (Å²) in [5.74, 6) is 0. The highest BCUT2D eigenvalue weighted by Crippen LogP contribution is 2.35. The van der Waals surface area contributed by atoms with Crippen molar-refractivity contribution in [1.82, 2.24) is 0 Å². The lowest BCUT2D eigenvalue weighted by atomic mass is 9.92. The number of hydrogen-bond donors (Lipinski definition) is 0. The quantitative estimate of drug-likeness (QED) is 0.464. The highest BCUT2D eigenvalue weighted by atomic mass is 16.5. The van der Waals surface area contributed by atoms with Gasteiger partial charge >= 0.3 is 0 Å². The third-order valence-corrected chi connectivity index (χ3v) is 3.92. The molecule has 0 fully saturated rings. The van der Waals surface area contributed by atoms with Gasteiger partial charge in [0.25, 0.3) is 0 Å². The second-order valence-electron chi connectivity index (χ2n) is 5.01. The third-order valence-electron chi connectivity index (χ3n) is 3.92. The summed E-state index contributed by atoms with van der Waals surface area (Å²) in [5, 5.41) is 7.97. The molecule has 0 heterocycles. The van der Waals surface area contributed by atoms with Gasteiger partial charge in [0.2, 0.25) is 0 Å². The second kappa shape index (κ2) is 3.94. The molecule has 1 nitrogen and oxygen atoms in total. The van der Waals surface area contributed by atoms with Crippen molar-refractivity contribution in [3.8, 4) is 0 Å². The minimum Gasteiger partial charge on any atom is -0.380 e. The van der Waals surface area contributed by atoms with Crippen LogP contribution in [0.5, 0.6) is 0 Å². The summed E-state index contributed by atoms with van der Waals surface area (Å²) >= 11 is 0. The zero-order valence-electron chi connectivity index (χ0n) is 10.8. The molecule has 0 spiro atoms. The van der Waals surface area contributed by atoms with E-state index in [-0.39, 0.29) is 0 Å². The summed E-state index contributed by atoms with van der Waals surface area (Å²) < 4.78 is 5.32. The Morgan fingerprint density at radius 1 is 0.737 bits per heavy atom. The molecule has 19 heavy (non-hydrogen) atoms. The van der Waals surface area contributed by atoms with Gasteiger partial charge in [-0.25, -0.2) is 0 Å². The monoisotopic (exact) mass is 246 g/mol. The van der Waals surface area contributed by atoms with Gasteiger partial charge in [-0.3, -0.25) is 0 Å². The smallest absolute Gasteiger partial charge is 0.0719 e. The van der Waals surface area contributed by atoms with Gasteiger partial charge in [-0.05, 0) is 37.9 Å². The molecule has 0 saturated heterocycles. The maximum absolute atomic E-state index is 5.32. The molecule has 4 aromatic carbocycles. The minimum absolute atomic E-state index is 0.661. The van der Waals surface area contributed by atoms with Crippen LogP contribution in [-0.2, 0) is 11.3 Å². The standard InChI is InChI=1S/C18H14O/c1-19-11-15-8-7-14-6-5-12-3-2-4-13-9-10-16(15)18(14)17(12)13/h2-10H,11H2,1H3. The average Bonchev–Trinajstić information content (AvgIpc) is 2.46. The first-order chi connectivity index (χ1) is 9.38. The van der Waals surface area contributed by atoms with Gasteiger partial charge < -0.3 is 4.74 Å². The average molecular weight is 246 g/mol. The predicted octanol–water partition coefficient (Wildman–Crippen LogP) is 4.73. The van der Waals surface area contributed by atoms with Crippen LogP contribution >= 0.6 is 0 Å². The lowest BCUT2D eigenvalue weighted by molar-refractivity contribution is 0.186. The normalized spacial score (nSPS) is 11.8. The Morgan fingerprint density at radius 3 is 2.11 bits per heavy atom. The predicted molar refractivity (Wildman–Crippen MR) is 80.9 cm³/mol. The number of ether oxygens (including phenoxy) is 1. The number of hydrogen-bond acceptors (Lipinski definition) is 1. The highest BCUT2D eigenvalue weighted by molar-refractivity contribution is 6.23. The van der Waals surface area contributed by atoms with Crippen LogP contribution in [0.3, 0.4) is 0 Å². The molecule has 4 rings (SSSR count). The maximum Gasteiger partial charge on any atom is 0.0719 e. The number of benzene rings is 4. The molecule has 0 aliphatic carbocycles. The van der Waals surface area contributed by atoms with Crippen LogP contribution in [0.1, 0.15) is 5.56 Å². The van der Waals surface area contributed by atoms with Crippen molar-refractivity contribution in [2.75, 3.05) is 7.11 Å². The molecule has 0 unspecified atom stereocenters. The third kappa shape index (κ3) is 1.45. The van der Waals surface area contributed by atoms with Crippen molar-refractivity contribution >= 4 is 32.3 Å². The zero-order chi connectivity index (χ0) is 12.8. The van der Waals surface area contributed by atoms with E-state index in [1.165, 1.54) is 37.9 Å². The first-order valence-electron chi connectivity index (χ1n) is 6.53. The molecule has 0 radical (unpaired) electrons. The van der Waals surface area contributed by atoms with E-state index in [0.29, 0.717) is 6.61 Å². The van der Waals surface area contributed by atoms with Crippen molar-refractivity contribution in [2.45, 2.75) is 6.61 Å². The lowest BCUT2D eigenvalue weighted by Crippen LogP contribution is -1.91. The van der Waals surface area contributed by atoms with Crippen LogP contribution in [0, 0.1) is 0 Å². The topological polar surface area (TPSA) is 9.23 Å². The van der Waals surface area contributed by atoms with Gasteiger partial charge in [-0.1, -0.05) is 54.6 Å². The summed E-state index contributed by atoms with van der Waals surface area (Å²) in [4.78, 5) is 0. The molecule has 0 N–H and O–H groups in total. The van der Waals surface area contributed by atoms with Crippen LogP contribution in [0.25, 0.3) is 32.3 Å². The Balaban J connectivity index is 2.28. The lowest BCUT2D eigenvalue weighted by Gasteiger charge is -2.13. The number of methoxy groups -OCH3 is 1. The Kier molecular flexibility index (Phi) is 2.23. The molecule has 0 aliphatic heterocycles. The van der Waals surface area contributed by atoms with Gasteiger partial charge in [-0.15, -0.1) is 0 Å². The van der Waals surface area contributed by atoms with E-state index in [2.05, 4.69) is 54.6 Å². The fourth-order valence-electron chi connectivity index (χ4n) is 3.08. The van der Waals surface area contributed by atoms with Crippen LogP contribution in [0.2, 0.25) is 0 Å². The molecule has 4 aromatic rings. The molecular formula is C18H14O. The maximum atomic E-state index is 5.32. The molecule has 0 saturated carbocycles. The Morgan fingerprint density at radius 2 is 1.37 bits per heavy atom. The van der Waals surface area contributed by atoms with Gasteiger partial charge in [-0.2, -0.15) is 0 Å². The summed E-state index contributed by atoms with van der Waals surface area (Å²) in [6.45, 7) is 0.661. The molecule has 1 heteroatoms. The van der Waals surface area contributed by atoms with Crippen molar-refractivity contribution in [3.63, 3.8) is 0 Å². The molecule has 0 atom stereocenters. The SMILES string of the molecule is COCc1ccc2ccc3cccc4ccc1c2c34. The minimum atomic E-state index is 0.661. The van der Waals surface area contributed by atoms with E-state index < -0.39 is 0 Å². The summed E-state index contributed by atoms with van der Waals surface area (Å²) in [6.07, 6.45) is 0. The van der Waals surface area contributed by atoms with Crippen molar-refractivity contribution in [3.05, 3.63) is 60.2 Å². The summed E-state index contributed by atoms with van der Waals surface area (Å²) in [5.41, 5.74) is 1.26. The van der Waals surface area contributed by atoms with Gasteiger partial charge in [0.05, 0.1) is 6.61 Å². The molecule has 92 valence electrons. The van der Waals surface area contributed by atoms with E-state index in [1.54, 1.807) is 7.11 Å². The molecule has 0 amide bonds. The van der Waals surface area contributed by atoms with Crippen molar-refractivity contribution in [2.24, 2.45) is 0 Å². The largest absolute Gasteiger partial charge is 0.380 e. The van der Waals surface area contributed by atoms with Gasteiger partial charge in [0.1, 0.15) is 0 Å². The summed E-state index contributed by atoms with van der Waals surface area (Å²) in [7, 11) is 1.75. The molecule has 0 aliphatic rings. The van der Waals surface area contributed by atoms with Gasteiger partial charge in [0, 0.05) is 7.11 Å². The molecule has 0 bridgehead atoms. The van der Waals surface area contributed by atoms with Gasteiger partial charge in [0.15, 0.2) is 0 Å². The van der Waals surface area contributed by atoms with Crippen molar-refractivity contribution < 1.29 is 4.74 Å². The van der Waals surface area contributed by atoms with Crippen LogP contribution in [0.4, 0.5) is 0 Å². The Bertz CT molecular complexity index is 861. The van der Waals surface area contributed by atoms with Crippen LogP contribution in [0.15, 0.2) is 54.6 Å². The van der Waals surface area contributed by atoms with E-state index in [0.717, 1.165) is 0 Å². The van der Waals surface area contributed by atoms with E-state index in [9.17, 15) is 0 Å². The molecule has 0 aromatic heterocycles. The van der Waals surface area contributed by atoms with Crippen molar-refractivity contribution in [1.29, 1.82) is 0 Å². The zero-order valence-corrected chi connectivity index (χ0v) is 10.8. The van der Waals surface area contributed by atoms with E-state index in [1.807, 2.05) is 0 Å². The van der Waals surface area contributed by atoms with Crippen LogP contribution in [-0.4, -0.2) is 7.11 Å². The first-order valence-corrected chi connectivity index (χ1v) is 6.53. The second-order valence-corrected chi connectivity index (χ2v) is 5.01. The van der Waals surface area contributed by atoms with E-state index in [4.69, 9.17) is 4.74 Å². The van der Waals surface area contributed by atoms with E-state index >= 15 is 0 Å². The molecular weight excluding hydrogens is 232 g/mol. The Hall–Kier alpha value is -2.12. The fourth-order valence-corrected chi connectivity index (χ4v) is 3.08. The summed E-state index contributed by atoms with van der Waals surface area (Å²) in [6, 6.07) is 19.7. The number of rotatable bonds is 2. The highest BCUT2D eigenvalue weighted by Gasteiger charge is 2.09. The Labute approximate surface area is 111 Å². The fraction of sp³-hybridized carbons (Fsp3) is 0.111.